The van der Waals surface area contributed by atoms with Crippen LogP contribution in [0.25, 0.3) is 21.8 Å². The number of hydrogen-bond donors (Lipinski definition) is 3. The predicted molar refractivity (Wildman–Crippen MR) is 120 cm³/mol. The standard InChI is InChI=1S/C25H34N4/c1-3-29-24-7-5-4-6-22(24)23-18-20(8-9-25(23)29)19-27-12-10-21(11-13-27)28-16-14-26(2)15-17-28/h4-9,18,21H,3,10-17,19H2,1-2H3/p+3. The SMILES string of the molecule is CCn1c2ccccc2c2cc(C[NH+]3CCC([NH+]4CC[NH+](C)CC4)CC3)ccc21. The quantitative estimate of drug-likeness (QED) is 0.544. The van der Waals surface area contributed by atoms with E-state index in [0.29, 0.717) is 0 Å². The number of nitrogens with one attached hydrogen (secondary N) is 3. The third-order valence-electron chi connectivity index (χ3n) is 7.62. The molecule has 0 unspecified atom stereocenters. The van der Waals surface area contributed by atoms with Gasteiger partial charge >= 0.3 is 0 Å². The fourth-order valence-corrected chi connectivity index (χ4v) is 5.86. The molecule has 0 radical (unpaired) electrons. The number of piperazine rings is 1. The zero-order valence-electron chi connectivity index (χ0n) is 18.1. The lowest BCUT2D eigenvalue weighted by molar-refractivity contribution is -1.02. The number of fused-ring (bicyclic) bond motifs is 3. The monoisotopic (exact) mass is 393 g/mol. The number of hydrogen-bond acceptors (Lipinski definition) is 0. The van der Waals surface area contributed by atoms with E-state index in [9.17, 15) is 0 Å². The molecule has 0 amide bonds. The molecule has 4 nitrogen and oxygen atoms in total. The van der Waals surface area contributed by atoms with Gasteiger partial charge in [0.05, 0.1) is 26.2 Å². The van der Waals surface area contributed by atoms with Gasteiger partial charge < -0.3 is 19.3 Å². The maximum Gasteiger partial charge on any atom is 0.127 e. The summed E-state index contributed by atoms with van der Waals surface area (Å²) in [5, 5.41) is 2.83. The van der Waals surface area contributed by atoms with Crippen molar-refractivity contribution < 1.29 is 14.7 Å². The van der Waals surface area contributed by atoms with Gasteiger partial charge in [0.1, 0.15) is 32.7 Å². The number of likely N-dealkylation sites (N-methyl/N-ethyl adjacent to an activating group) is 1. The number of benzene rings is 2. The van der Waals surface area contributed by atoms with Crippen LogP contribution < -0.4 is 14.7 Å². The molecule has 0 spiro atoms. The van der Waals surface area contributed by atoms with Crippen LogP contribution in [-0.2, 0) is 13.1 Å². The lowest BCUT2D eigenvalue weighted by Gasteiger charge is -2.37. The third-order valence-corrected chi connectivity index (χ3v) is 7.62. The normalized spacial score (nSPS) is 28.2. The fourth-order valence-electron chi connectivity index (χ4n) is 5.86. The summed E-state index contributed by atoms with van der Waals surface area (Å²) < 4.78 is 2.45. The van der Waals surface area contributed by atoms with Crippen LogP contribution in [0.15, 0.2) is 42.5 Å². The van der Waals surface area contributed by atoms with Crippen LogP contribution in [0.4, 0.5) is 0 Å². The van der Waals surface area contributed by atoms with E-state index in [1.165, 1.54) is 86.0 Å². The first-order valence-corrected chi connectivity index (χ1v) is 11.7. The molecule has 0 atom stereocenters. The van der Waals surface area contributed by atoms with Crippen molar-refractivity contribution in [1.29, 1.82) is 0 Å². The van der Waals surface area contributed by atoms with E-state index < -0.39 is 0 Å². The second kappa shape index (κ2) is 8.10. The number of aryl methyl sites for hydroxylation is 1. The van der Waals surface area contributed by atoms with Crippen molar-refractivity contribution in [3.8, 4) is 0 Å². The lowest BCUT2D eigenvalue weighted by Crippen LogP contribution is -3.29. The van der Waals surface area contributed by atoms with Gasteiger partial charge in [-0.1, -0.05) is 24.3 Å². The van der Waals surface area contributed by atoms with Crippen molar-refractivity contribution in [2.45, 2.75) is 38.9 Å². The van der Waals surface area contributed by atoms with E-state index in [-0.39, 0.29) is 0 Å². The minimum atomic E-state index is 0.914. The molecule has 29 heavy (non-hydrogen) atoms. The number of nitrogens with zero attached hydrogens (tertiary/aromatic N) is 1. The average molecular weight is 394 g/mol. The molecule has 2 fully saturated rings. The molecule has 0 bridgehead atoms. The molecule has 2 aliphatic heterocycles. The van der Waals surface area contributed by atoms with Crippen LogP contribution in [0, 0.1) is 0 Å². The van der Waals surface area contributed by atoms with Gasteiger partial charge in [-0.05, 0) is 25.1 Å². The first-order valence-electron chi connectivity index (χ1n) is 11.7. The van der Waals surface area contributed by atoms with Crippen LogP contribution in [0.1, 0.15) is 25.3 Å². The number of para-hydroxylation sites is 1. The van der Waals surface area contributed by atoms with Gasteiger partial charge in [-0.3, -0.25) is 0 Å². The summed E-state index contributed by atoms with van der Waals surface area (Å²) in [6, 6.07) is 17.0. The van der Waals surface area contributed by atoms with E-state index >= 15 is 0 Å². The highest BCUT2D eigenvalue weighted by atomic mass is 15.3. The minimum Gasteiger partial charge on any atom is -0.341 e. The molecule has 2 aliphatic rings. The van der Waals surface area contributed by atoms with E-state index in [2.05, 4.69) is 61.0 Å². The smallest absolute Gasteiger partial charge is 0.127 e. The Bertz CT molecular complexity index is 975. The summed E-state index contributed by atoms with van der Waals surface area (Å²) in [5.74, 6) is 0. The van der Waals surface area contributed by atoms with Crippen LogP contribution >= 0.6 is 0 Å². The Balaban J connectivity index is 1.28. The molecule has 5 rings (SSSR count). The van der Waals surface area contributed by atoms with E-state index in [1.54, 1.807) is 9.80 Å². The predicted octanol–water partition coefficient (Wildman–Crippen LogP) is -0.225. The number of likely N-dealkylation sites (tertiary alicyclic amines) is 1. The van der Waals surface area contributed by atoms with Crippen LogP contribution in [0.3, 0.4) is 0 Å². The van der Waals surface area contributed by atoms with Crippen LogP contribution in [0.5, 0.6) is 0 Å². The van der Waals surface area contributed by atoms with E-state index in [1.807, 2.05) is 4.90 Å². The zero-order valence-corrected chi connectivity index (χ0v) is 18.1. The summed E-state index contributed by atoms with van der Waals surface area (Å²) in [7, 11) is 2.35. The molecule has 0 saturated carbocycles. The molecule has 4 heteroatoms. The highest BCUT2D eigenvalue weighted by Gasteiger charge is 2.32. The van der Waals surface area contributed by atoms with Gasteiger partial charge in [-0.25, -0.2) is 0 Å². The van der Waals surface area contributed by atoms with Crippen molar-refractivity contribution in [3.05, 3.63) is 48.0 Å². The summed E-state index contributed by atoms with van der Waals surface area (Å²) in [5.41, 5.74) is 4.25. The molecular formula is C25H37N4+3. The summed E-state index contributed by atoms with van der Waals surface area (Å²) in [6.07, 6.45) is 2.81. The van der Waals surface area contributed by atoms with E-state index in [4.69, 9.17) is 0 Å². The van der Waals surface area contributed by atoms with Crippen molar-refractivity contribution in [3.63, 3.8) is 0 Å². The Labute approximate surface area is 174 Å². The second-order valence-electron chi connectivity index (χ2n) is 9.43. The van der Waals surface area contributed by atoms with Crippen molar-refractivity contribution in [2.24, 2.45) is 0 Å². The molecule has 3 aromatic rings. The van der Waals surface area contributed by atoms with Gasteiger partial charge in [-0.15, -0.1) is 0 Å². The largest absolute Gasteiger partial charge is 0.341 e. The highest BCUT2D eigenvalue weighted by Crippen LogP contribution is 2.29. The van der Waals surface area contributed by atoms with Crippen LogP contribution in [-0.4, -0.2) is 56.9 Å². The van der Waals surface area contributed by atoms with Crippen LogP contribution in [0.2, 0.25) is 0 Å². The topological polar surface area (TPSA) is 18.3 Å². The number of rotatable bonds is 4. The third kappa shape index (κ3) is 3.70. The van der Waals surface area contributed by atoms with Gasteiger partial charge in [0.25, 0.3) is 0 Å². The number of quaternary nitrogens is 3. The highest BCUT2D eigenvalue weighted by molar-refractivity contribution is 6.08. The molecule has 1 aromatic heterocycles. The van der Waals surface area contributed by atoms with Gasteiger partial charge in [0.2, 0.25) is 0 Å². The Morgan fingerprint density at radius 3 is 2.34 bits per heavy atom. The first kappa shape index (κ1) is 19.1. The summed E-state index contributed by atoms with van der Waals surface area (Å²) in [6.45, 7) is 12.6. The fraction of sp³-hybridized carbons (Fsp3) is 0.520. The van der Waals surface area contributed by atoms with Crippen molar-refractivity contribution in [2.75, 3.05) is 46.3 Å². The maximum atomic E-state index is 2.47. The van der Waals surface area contributed by atoms with Crippen molar-refractivity contribution in [1.82, 2.24) is 4.57 Å². The van der Waals surface area contributed by atoms with E-state index in [0.717, 1.165) is 12.6 Å². The first-order chi connectivity index (χ1) is 14.2. The molecular weight excluding hydrogens is 356 g/mol. The van der Waals surface area contributed by atoms with Crippen molar-refractivity contribution >= 4 is 21.8 Å². The summed E-state index contributed by atoms with van der Waals surface area (Å²) in [4.78, 5) is 5.39. The average Bonchev–Trinajstić information content (AvgIpc) is 3.08. The van der Waals surface area contributed by atoms with Gasteiger partial charge in [-0.2, -0.15) is 0 Å². The molecule has 0 aliphatic carbocycles. The minimum absolute atomic E-state index is 0.914. The summed E-state index contributed by atoms with van der Waals surface area (Å²) >= 11 is 0. The Morgan fingerprint density at radius 1 is 0.862 bits per heavy atom. The molecule has 154 valence electrons. The molecule has 3 N–H and O–H groups in total. The lowest BCUT2D eigenvalue weighted by atomic mass is 10.0. The zero-order chi connectivity index (χ0) is 19.8. The Hall–Kier alpha value is -1.88. The molecule has 3 heterocycles. The molecule has 2 aromatic carbocycles. The van der Waals surface area contributed by atoms with Gasteiger partial charge in [0.15, 0.2) is 0 Å². The number of piperidine rings is 1. The second-order valence-corrected chi connectivity index (χ2v) is 9.43. The number of aromatic nitrogens is 1. The Kier molecular flexibility index (Phi) is 5.33. The maximum absolute atomic E-state index is 2.47. The molecule has 2 saturated heterocycles. The Morgan fingerprint density at radius 2 is 1.59 bits per heavy atom. The van der Waals surface area contributed by atoms with Gasteiger partial charge in [0, 0.05) is 46.8 Å².